The van der Waals surface area contributed by atoms with Gasteiger partial charge >= 0.3 is 12.4 Å². The highest BCUT2D eigenvalue weighted by atomic mass is 19.4. The Labute approximate surface area is 135 Å². The van der Waals surface area contributed by atoms with Crippen molar-refractivity contribution in [3.8, 4) is 0 Å². The lowest BCUT2D eigenvalue weighted by atomic mass is 9.81. The second-order valence-corrected chi connectivity index (χ2v) is 6.25. The number of nitrogens with two attached hydrogens (primary N) is 1. The SMILES string of the molecule is N[C@@H](c1cc(C(F)(F)F)cc(C(F)(F)F)c1)[C@H](O)C1CCCCC1. The van der Waals surface area contributed by atoms with Crippen LogP contribution < -0.4 is 5.73 Å². The molecule has 1 saturated carbocycles. The summed E-state index contributed by atoms with van der Waals surface area (Å²) in [7, 11) is 0. The topological polar surface area (TPSA) is 46.2 Å². The lowest BCUT2D eigenvalue weighted by molar-refractivity contribution is -0.143. The van der Waals surface area contributed by atoms with Crippen molar-refractivity contribution in [1.29, 1.82) is 0 Å². The molecule has 0 unspecified atom stereocenters. The molecule has 0 amide bonds. The third kappa shape index (κ3) is 4.42. The highest BCUT2D eigenvalue weighted by Crippen LogP contribution is 2.39. The van der Waals surface area contributed by atoms with Crippen LogP contribution in [-0.4, -0.2) is 11.2 Å². The minimum Gasteiger partial charge on any atom is -0.391 e. The van der Waals surface area contributed by atoms with E-state index in [9.17, 15) is 31.4 Å². The van der Waals surface area contributed by atoms with Gasteiger partial charge in [0.15, 0.2) is 0 Å². The number of rotatable bonds is 3. The average molecular weight is 355 g/mol. The van der Waals surface area contributed by atoms with Crippen LogP contribution in [0.4, 0.5) is 26.3 Å². The number of aliphatic hydroxyl groups excluding tert-OH is 1. The summed E-state index contributed by atoms with van der Waals surface area (Å²) in [5.41, 5.74) is 2.62. The van der Waals surface area contributed by atoms with Gasteiger partial charge < -0.3 is 10.8 Å². The summed E-state index contributed by atoms with van der Waals surface area (Å²) in [5.74, 6) is -0.211. The van der Waals surface area contributed by atoms with Gasteiger partial charge in [-0.2, -0.15) is 26.3 Å². The first kappa shape index (κ1) is 19.1. The van der Waals surface area contributed by atoms with Gasteiger partial charge in [0, 0.05) is 0 Å². The molecule has 1 aliphatic rings. The van der Waals surface area contributed by atoms with E-state index in [1.165, 1.54) is 0 Å². The Morgan fingerprint density at radius 2 is 1.33 bits per heavy atom. The van der Waals surface area contributed by atoms with E-state index < -0.39 is 35.6 Å². The summed E-state index contributed by atoms with van der Waals surface area (Å²) in [4.78, 5) is 0. The molecule has 1 aromatic carbocycles. The highest BCUT2D eigenvalue weighted by molar-refractivity contribution is 5.35. The van der Waals surface area contributed by atoms with Crippen molar-refractivity contribution in [2.24, 2.45) is 11.7 Å². The molecule has 0 aliphatic heterocycles. The Balaban J connectivity index is 2.36. The molecule has 8 heteroatoms. The first-order valence-corrected chi connectivity index (χ1v) is 7.73. The van der Waals surface area contributed by atoms with E-state index in [4.69, 9.17) is 5.73 Å². The van der Waals surface area contributed by atoms with Crippen LogP contribution in [0.3, 0.4) is 0 Å². The summed E-state index contributed by atoms with van der Waals surface area (Å²) in [6.45, 7) is 0. The molecule has 2 atom stereocenters. The molecule has 3 N–H and O–H groups in total. The van der Waals surface area contributed by atoms with Crippen molar-refractivity contribution in [3.05, 3.63) is 34.9 Å². The quantitative estimate of drug-likeness (QED) is 0.775. The van der Waals surface area contributed by atoms with Crippen LogP contribution in [0.2, 0.25) is 0 Å². The average Bonchev–Trinajstić information content (AvgIpc) is 2.52. The normalized spacial score (nSPS) is 20.0. The largest absolute Gasteiger partial charge is 0.416 e. The molecule has 0 radical (unpaired) electrons. The van der Waals surface area contributed by atoms with Crippen LogP contribution in [-0.2, 0) is 12.4 Å². The second-order valence-electron chi connectivity index (χ2n) is 6.25. The fourth-order valence-corrected chi connectivity index (χ4v) is 3.14. The van der Waals surface area contributed by atoms with Gasteiger partial charge in [-0.3, -0.25) is 0 Å². The van der Waals surface area contributed by atoms with Gasteiger partial charge in [-0.1, -0.05) is 19.3 Å². The Kier molecular flexibility index (Phi) is 5.49. The Bertz CT molecular complexity index is 530. The molecule has 136 valence electrons. The lowest BCUT2D eigenvalue weighted by Crippen LogP contribution is -2.34. The third-order valence-electron chi connectivity index (χ3n) is 4.50. The van der Waals surface area contributed by atoms with Crippen molar-refractivity contribution >= 4 is 0 Å². The summed E-state index contributed by atoms with van der Waals surface area (Å²) >= 11 is 0. The van der Waals surface area contributed by atoms with Gasteiger partial charge in [0.25, 0.3) is 0 Å². The molecular formula is C16H19F6NO. The predicted octanol–water partition coefficient (Wildman–Crippen LogP) is 4.67. The van der Waals surface area contributed by atoms with E-state index in [0.717, 1.165) is 19.3 Å². The van der Waals surface area contributed by atoms with Crippen molar-refractivity contribution in [3.63, 3.8) is 0 Å². The van der Waals surface area contributed by atoms with Gasteiger partial charge in [0.05, 0.1) is 23.3 Å². The van der Waals surface area contributed by atoms with Crippen LogP contribution in [0, 0.1) is 5.92 Å². The lowest BCUT2D eigenvalue weighted by Gasteiger charge is -2.31. The van der Waals surface area contributed by atoms with Crippen LogP contribution in [0.1, 0.15) is 54.8 Å². The highest BCUT2D eigenvalue weighted by Gasteiger charge is 2.38. The monoisotopic (exact) mass is 355 g/mol. The first-order chi connectivity index (χ1) is 11.0. The maximum Gasteiger partial charge on any atom is 0.416 e. The molecule has 0 bridgehead atoms. The smallest absolute Gasteiger partial charge is 0.391 e. The minimum absolute atomic E-state index is 0.0587. The Hall–Kier alpha value is -1.28. The fraction of sp³-hybridized carbons (Fsp3) is 0.625. The van der Waals surface area contributed by atoms with Gasteiger partial charge in [0.1, 0.15) is 0 Å². The molecule has 2 nitrogen and oxygen atoms in total. The summed E-state index contributed by atoms with van der Waals surface area (Å²) in [5, 5.41) is 10.3. The predicted molar refractivity (Wildman–Crippen MR) is 76.0 cm³/mol. The molecule has 2 rings (SSSR count). The van der Waals surface area contributed by atoms with Crippen molar-refractivity contribution < 1.29 is 31.4 Å². The number of aliphatic hydroxyl groups is 1. The van der Waals surface area contributed by atoms with Gasteiger partial charge in [0.2, 0.25) is 0 Å². The van der Waals surface area contributed by atoms with Gasteiger partial charge in [-0.25, -0.2) is 0 Å². The molecule has 0 saturated heterocycles. The summed E-state index contributed by atoms with van der Waals surface area (Å²) in [6, 6.07) is -0.0577. The molecule has 1 aliphatic carbocycles. The second kappa shape index (κ2) is 6.92. The van der Waals surface area contributed by atoms with E-state index in [0.29, 0.717) is 25.0 Å². The van der Waals surface area contributed by atoms with Crippen LogP contribution in [0.5, 0.6) is 0 Å². The minimum atomic E-state index is -4.93. The number of hydrogen-bond acceptors (Lipinski definition) is 2. The van der Waals surface area contributed by atoms with E-state index in [-0.39, 0.29) is 17.5 Å². The third-order valence-corrected chi connectivity index (χ3v) is 4.50. The first-order valence-electron chi connectivity index (χ1n) is 7.73. The van der Waals surface area contributed by atoms with E-state index in [2.05, 4.69) is 0 Å². The maximum absolute atomic E-state index is 12.9. The van der Waals surface area contributed by atoms with Gasteiger partial charge in [-0.15, -0.1) is 0 Å². The molecule has 0 heterocycles. The molecule has 0 aromatic heterocycles. The Morgan fingerprint density at radius 1 is 0.875 bits per heavy atom. The van der Waals surface area contributed by atoms with Crippen LogP contribution in [0.25, 0.3) is 0 Å². The maximum atomic E-state index is 12.9. The van der Waals surface area contributed by atoms with Crippen molar-refractivity contribution in [2.75, 3.05) is 0 Å². The molecule has 1 aromatic rings. The number of halogens is 6. The molecule has 1 fully saturated rings. The number of benzene rings is 1. The van der Waals surface area contributed by atoms with Crippen molar-refractivity contribution in [2.45, 2.75) is 56.6 Å². The molecular weight excluding hydrogens is 336 g/mol. The zero-order valence-corrected chi connectivity index (χ0v) is 12.8. The van der Waals surface area contributed by atoms with E-state index in [1.807, 2.05) is 0 Å². The zero-order valence-electron chi connectivity index (χ0n) is 12.8. The zero-order chi connectivity index (χ0) is 18.1. The van der Waals surface area contributed by atoms with Crippen molar-refractivity contribution in [1.82, 2.24) is 0 Å². The number of alkyl halides is 6. The standard InChI is InChI=1S/C16H19F6NO/c17-15(18,19)11-6-10(7-12(8-11)16(20,21)22)13(23)14(24)9-4-2-1-3-5-9/h6-9,13-14,24H,1-5,23H2/t13-,14+/m0/s1. The Morgan fingerprint density at radius 3 is 1.75 bits per heavy atom. The van der Waals surface area contributed by atoms with E-state index in [1.54, 1.807) is 0 Å². The van der Waals surface area contributed by atoms with Gasteiger partial charge in [-0.05, 0) is 42.5 Å². The fourth-order valence-electron chi connectivity index (χ4n) is 3.14. The summed E-state index contributed by atoms with van der Waals surface area (Å²) < 4.78 is 77.3. The van der Waals surface area contributed by atoms with Crippen LogP contribution >= 0.6 is 0 Å². The molecule has 0 spiro atoms. The molecule has 24 heavy (non-hydrogen) atoms. The summed E-state index contributed by atoms with van der Waals surface area (Å²) in [6.07, 6.45) is -6.96. The van der Waals surface area contributed by atoms with Crippen LogP contribution in [0.15, 0.2) is 18.2 Å². The number of hydrogen-bond donors (Lipinski definition) is 2. The van der Waals surface area contributed by atoms with E-state index >= 15 is 0 Å².